The zero-order valence-electron chi connectivity index (χ0n) is 12.7. The first kappa shape index (κ1) is 15.7. The molecule has 0 saturated heterocycles. The minimum absolute atomic E-state index is 0.291. The molecule has 1 heterocycles. The molecule has 108 valence electrons. The van der Waals surface area contributed by atoms with Crippen molar-refractivity contribution in [3.8, 4) is 5.88 Å². The Hall–Kier alpha value is -1.36. The maximum Gasteiger partial charge on any atom is 0.218 e. The van der Waals surface area contributed by atoms with Gasteiger partial charge in [-0.1, -0.05) is 20.8 Å². The summed E-state index contributed by atoms with van der Waals surface area (Å²) in [5.41, 5.74) is 0. The highest BCUT2D eigenvalue weighted by Gasteiger charge is 2.08. The predicted octanol–water partition coefficient (Wildman–Crippen LogP) is 2.36. The van der Waals surface area contributed by atoms with Gasteiger partial charge < -0.3 is 15.0 Å². The molecule has 0 aliphatic rings. The molecule has 0 saturated carbocycles. The van der Waals surface area contributed by atoms with Gasteiger partial charge in [0.05, 0.1) is 6.61 Å². The smallest absolute Gasteiger partial charge is 0.218 e. The van der Waals surface area contributed by atoms with E-state index in [-0.39, 0.29) is 0 Å². The molecule has 0 amide bonds. The number of hydrogen-bond acceptors (Lipinski definition) is 5. The summed E-state index contributed by atoms with van der Waals surface area (Å²) in [6.07, 6.45) is 0.977. The fourth-order valence-corrected chi connectivity index (χ4v) is 1.48. The van der Waals surface area contributed by atoms with E-state index in [0.717, 1.165) is 31.2 Å². The molecule has 1 aromatic rings. The summed E-state index contributed by atoms with van der Waals surface area (Å²) in [5.74, 6) is 2.61. The van der Waals surface area contributed by atoms with E-state index in [1.807, 2.05) is 6.07 Å². The van der Waals surface area contributed by atoms with Crippen LogP contribution in [-0.4, -0.2) is 48.7 Å². The lowest BCUT2D eigenvalue weighted by atomic mass is 10.2. The SMILES string of the molecule is CCCOc1cc(NCCN(C)C)nc(C(C)C)n1. The number of aromatic nitrogens is 2. The monoisotopic (exact) mass is 266 g/mol. The van der Waals surface area contributed by atoms with Crippen LogP contribution in [-0.2, 0) is 0 Å². The first-order valence-electron chi connectivity index (χ1n) is 6.93. The minimum Gasteiger partial charge on any atom is -0.478 e. The average Bonchev–Trinajstić information content (AvgIpc) is 2.35. The fraction of sp³-hybridized carbons (Fsp3) is 0.714. The molecule has 0 atom stereocenters. The van der Waals surface area contributed by atoms with Crippen molar-refractivity contribution in [2.45, 2.75) is 33.1 Å². The second-order valence-corrected chi connectivity index (χ2v) is 5.18. The van der Waals surface area contributed by atoms with Gasteiger partial charge in [0.2, 0.25) is 5.88 Å². The lowest BCUT2D eigenvalue weighted by Crippen LogP contribution is -2.21. The van der Waals surface area contributed by atoms with E-state index in [4.69, 9.17) is 4.74 Å². The maximum absolute atomic E-state index is 5.61. The molecule has 1 rings (SSSR count). The number of rotatable bonds is 8. The molecule has 0 spiro atoms. The van der Waals surface area contributed by atoms with Crippen molar-refractivity contribution < 1.29 is 4.74 Å². The second kappa shape index (κ2) is 7.94. The summed E-state index contributed by atoms with van der Waals surface area (Å²) in [7, 11) is 4.11. The van der Waals surface area contributed by atoms with Crippen LogP contribution in [0.4, 0.5) is 5.82 Å². The van der Waals surface area contributed by atoms with Gasteiger partial charge in [0, 0.05) is 25.1 Å². The molecule has 19 heavy (non-hydrogen) atoms. The highest BCUT2D eigenvalue weighted by atomic mass is 16.5. The topological polar surface area (TPSA) is 50.3 Å². The number of nitrogens with one attached hydrogen (secondary N) is 1. The van der Waals surface area contributed by atoms with Gasteiger partial charge in [-0.15, -0.1) is 0 Å². The third-order valence-electron chi connectivity index (χ3n) is 2.56. The molecular formula is C14H26N4O. The van der Waals surface area contributed by atoms with Gasteiger partial charge in [-0.3, -0.25) is 0 Å². The fourth-order valence-electron chi connectivity index (χ4n) is 1.48. The van der Waals surface area contributed by atoms with Crippen LogP contribution in [0.25, 0.3) is 0 Å². The Bertz CT molecular complexity index is 380. The number of likely N-dealkylation sites (N-methyl/N-ethyl adjacent to an activating group) is 1. The largest absolute Gasteiger partial charge is 0.478 e. The lowest BCUT2D eigenvalue weighted by molar-refractivity contribution is 0.303. The van der Waals surface area contributed by atoms with Gasteiger partial charge in [-0.25, -0.2) is 4.98 Å². The Morgan fingerprint density at radius 2 is 2.05 bits per heavy atom. The van der Waals surface area contributed by atoms with Gasteiger partial charge in [0.15, 0.2) is 0 Å². The Labute approximate surface area is 116 Å². The highest BCUT2D eigenvalue weighted by Crippen LogP contribution is 2.18. The molecule has 0 aliphatic heterocycles. The summed E-state index contributed by atoms with van der Waals surface area (Å²) in [6, 6.07) is 1.87. The zero-order chi connectivity index (χ0) is 14.3. The summed E-state index contributed by atoms with van der Waals surface area (Å²) in [6.45, 7) is 8.76. The Morgan fingerprint density at radius 1 is 1.32 bits per heavy atom. The van der Waals surface area contributed by atoms with Crippen molar-refractivity contribution in [3.63, 3.8) is 0 Å². The van der Waals surface area contributed by atoms with Gasteiger partial charge in [-0.2, -0.15) is 4.98 Å². The van der Waals surface area contributed by atoms with Crippen LogP contribution in [0, 0.1) is 0 Å². The van der Waals surface area contributed by atoms with E-state index in [1.54, 1.807) is 0 Å². The second-order valence-electron chi connectivity index (χ2n) is 5.18. The van der Waals surface area contributed by atoms with Crippen LogP contribution in [0.5, 0.6) is 5.88 Å². The van der Waals surface area contributed by atoms with E-state index in [2.05, 4.69) is 55.1 Å². The zero-order valence-corrected chi connectivity index (χ0v) is 12.7. The van der Waals surface area contributed by atoms with Crippen molar-refractivity contribution in [1.29, 1.82) is 0 Å². The van der Waals surface area contributed by atoms with Crippen LogP contribution >= 0.6 is 0 Å². The van der Waals surface area contributed by atoms with E-state index in [0.29, 0.717) is 18.4 Å². The Kier molecular flexibility index (Phi) is 6.56. The Morgan fingerprint density at radius 3 is 2.63 bits per heavy atom. The first-order valence-corrected chi connectivity index (χ1v) is 6.93. The first-order chi connectivity index (χ1) is 9.02. The van der Waals surface area contributed by atoms with Crippen LogP contribution in [0.1, 0.15) is 38.9 Å². The van der Waals surface area contributed by atoms with E-state index in [1.165, 1.54) is 0 Å². The average molecular weight is 266 g/mol. The number of hydrogen-bond donors (Lipinski definition) is 1. The molecular weight excluding hydrogens is 240 g/mol. The molecule has 1 N–H and O–H groups in total. The molecule has 0 aliphatic carbocycles. The molecule has 0 unspecified atom stereocenters. The molecule has 5 heteroatoms. The third-order valence-corrected chi connectivity index (χ3v) is 2.56. The minimum atomic E-state index is 0.291. The predicted molar refractivity (Wildman–Crippen MR) is 79.0 cm³/mol. The van der Waals surface area contributed by atoms with Crippen molar-refractivity contribution >= 4 is 5.82 Å². The van der Waals surface area contributed by atoms with Crippen molar-refractivity contribution in [1.82, 2.24) is 14.9 Å². The van der Waals surface area contributed by atoms with Gasteiger partial charge >= 0.3 is 0 Å². The summed E-state index contributed by atoms with van der Waals surface area (Å²) in [4.78, 5) is 11.1. The number of nitrogens with zero attached hydrogens (tertiary/aromatic N) is 3. The number of ether oxygens (including phenoxy) is 1. The summed E-state index contributed by atoms with van der Waals surface area (Å²) < 4.78 is 5.61. The standard InChI is InChI=1S/C14H26N4O/c1-6-9-19-13-10-12(15-7-8-18(4)5)16-14(17-13)11(2)3/h10-11H,6-9H2,1-5H3,(H,15,16,17). The van der Waals surface area contributed by atoms with Gasteiger partial charge in [0.25, 0.3) is 0 Å². The molecule has 0 aromatic carbocycles. The van der Waals surface area contributed by atoms with Crippen molar-refractivity contribution in [2.24, 2.45) is 0 Å². The van der Waals surface area contributed by atoms with E-state index < -0.39 is 0 Å². The molecule has 0 bridgehead atoms. The molecule has 1 aromatic heterocycles. The lowest BCUT2D eigenvalue weighted by Gasteiger charge is -2.14. The third kappa shape index (κ3) is 5.87. The summed E-state index contributed by atoms with van der Waals surface area (Å²) in [5, 5.41) is 3.32. The summed E-state index contributed by atoms with van der Waals surface area (Å²) >= 11 is 0. The van der Waals surface area contributed by atoms with E-state index >= 15 is 0 Å². The van der Waals surface area contributed by atoms with Gasteiger partial charge in [-0.05, 0) is 20.5 Å². The number of anilines is 1. The van der Waals surface area contributed by atoms with Crippen LogP contribution < -0.4 is 10.1 Å². The van der Waals surface area contributed by atoms with Crippen LogP contribution in [0.15, 0.2) is 6.07 Å². The molecule has 0 radical (unpaired) electrons. The van der Waals surface area contributed by atoms with Gasteiger partial charge in [0.1, 0.15) is 11.6 Å². The van der Waals surface area contributed by atoms with Crippen LogP contribution in [0.3, 0.4) is 0 Å². The van der Waals surface area contributed by atoms with Crippen LogP contribution in [0.2, 0.25) is 0 Å². The van der Waals surface area contributed by atoms with Crippen molar-refractivity contribution in [2.75, 3.05) is 39.1 Å². The molecule has 5 nitrogen and oxygen atoms in total. The quantitative estimate of drug-likeness (QED) is 0.783. The highest BCUT2D eigenvalue weighted by molar-refractivity contribution is 5.38. The molecule has 0 fully saturated rings. The normalized spacial score (nSPS) is 11.1. The van der Waals surface area contributed by atoms with E-state index in [9.17, 15) is 0 Å². The maximum atomic E-state index is 5.61. The Balaban J connectivity index is 2.74. The van der Waals surface area contributed by atoms with Crippen molar-refractivity contribution in [3.05, 3.63) is 11.9 Å².